The molecule has 6 heteroatoms. The van der Waals surface area contributed by atoms with Crippen LogP contribution in [0.5, 0.6) is 0 Å². The van der Waals surface area contributed by atoms with Crippen LogP contribution in [0.4, 0.5) is 5.69 Å². The first-order valence-electron chi connectivity index (χ1n) is 6.32. The van der Waals surface area contributed by atoms with Gasteiger partial charge in [0.05, 0.1) is 23.4 Å². The summed E-state index contributed by atoms with van der Waals surface area (Å²) in [5, 5.41) is 5.43. The zero-order chi connectivity index (χ0) is 14.7. The number of hydrogen-bond donors (Lipinski definition) is 2. The lowest BCUT2D eigenvalue weighted by molar-refractivity contribution is -0.117. The molecular weight excluding hydrogens is 288 g/mol. The maximum absolute atomic E-state index is 11.9. The number of nitrogens with one attached hydrogen (secondary N) is 2. The molecule has 0 saturated carbocycles. The van der Waals surface area contributed by atoms with E-state index in [2.05, 4.69) is 10.6 Å². The van der Waals surface area contributed by atoms with Crippen LogP contribution in [-0.4, -0.2) is 11.8 Å². The third kappa shape index (κ3) is 3.17. The molecule has 0 spiro atoms. The van der Waals surface area contributed by atoms with Gasteiger partial charge in [0.2, 0.25) is 5.91 Å². The Hall–Kier alpha value is -2.47. The lowest BCUT2D eigenvalue weighted by Crippen LogP contribution is -2.23. The van der Waals surface area contributed by atoms with Gasteiger partial charge in [-0.3, -0.25) is 9.59 Å². The minimum absolute atomic E-state index is 0.271. The smallest absolute Gasteiger partial charge is 0.262 e. The van der Waals surface area contributed by atoms with E-state index in [1.165, 1.54) is 17.8 Å². The van der Waals surface area contributed by atoms with Crippen LogP contribution in [-0.2, 0) is 16.1 Å². The summed E-state index contributed by atoms with van der Waals surface area (Å²) in [6.07, 6.45) is 2.85. The van der Waals surface area contributed by atoms with Crippen LogP contribution in [0.3, 0.4) is 0 Å². The van der Waals surface area contributed by atoms with Crippen molar-refractivity contribution in [3.05, 3.63) is 59.4 Å². The van der Waals surface area contributed by atoms with Crippen molar-refractivity contribution in [3.63, 3.8) is 0 Å². The third-order valence-corrected chi connectivity index (χ3v) is 3.96. The van der Waals surface area contributed by atoms with Crippen molar-refractivity contribution in [2.45, 2.75) is 11.4 Å². The highest BCUT2D eigenvalue weighted by atomic mass is 32.2. The Kier molecular flexibility index (Phi) is 3.79. The molecule has 106 valence electrons. The number of furan rings is 1. The van der Waals surface area contributed by atoms with Gasteiger partial charge in [0.15, 0.2) is 0 Å². The lowest BCUT2D eigenvalue weighted by Gasteiger charge is -2.17. The zero-order valence-electron chi connectivity index (χ0n) is 11.0. The summed E-state index contributed by atoms with van der Waals surface area (Å²) in [7, 11) is 0. The zero-order valence-corrected chi connectivity index (χ0v) is 11.8. The van der Waals surface area contributed by atoms with E-state index in [0.29, 0.717) is 17.2 Å². The number of benzene rings is 1. The number of anilines is 1. The molecule has 21 heavy (non-hydrogen) atoms. The molecule has 0 aliphatic carbocycles. The summed E-state index contributed by atoms with van der Waals surface area (Å²) in [6, 6.07) is 11.0. The first-order valence-corrected chi connectivity index (χ1v) is 7.14. The Labute approximate surface area is 125 Å². The van der Waals surface area contributed by atoms with Crippen molar-refractivity contribution >= 4 is 29.3 Å². The molecule has 2 aromatic rings. The molecule has 2 heterocycles. The normalized spacial score (nSPS) is 15.4. The van der Waals surface area contributed by atoms with Crippen LogP contribution in [0.1, 0.15) is 5.76 Å². The number of fused-ring (bicyclic) bond motifs is 1. The monoisotopic (exact) mass is 300 g/mol. The molecule has 2 amide bonds. The topological polar surface area (TPSA) is 71.3 Å². The van der Waals surface area contributed by atoms with Crippen molar-refractivity contribution in [2.24, 2.45) is 0 Å². The number of rotatable bonds is 3. The van der Waals surface area contributed by atoms with Gasteiger partial charge >= 0.3 is 0 Å². The van der Waals surface area contributed by atoms with Crippen molar-refractivity contribution in [2.75, 3.05) is 5.32 Å². The van der Waals surface area contributed by atoms with Crippen LogP contribution in [0.25, 0.3) is 0 Å². The van der Waals surface area contributed by atoms with Crippen molar-refractivity contribution in [1.29, 1.82) is 0 Å². The van der Waals surface area contributed by atoms with Gasteiger partial charge in [-0.15, -0.1) is 0 Å². The Bertz CT molecular complexity index is 707. The predicted octanol–water partition coefficient (Wildman–Crippen LogP) is 2.52. The molecule has 0 radical (unpaired) electrons. The highest BCUT2D eigenvalue weighted by Gasteiger charge is 2.21. The maximum Gasteiger partial charge on any atom is 0.262 e. The molecule has 0 bridgehead atoms. The molecule has 1 aromatic heterocycles. The molecule has 5 nitrogen and oxygen atoms in total. The van der Waals surface area contributed by atoms with Gasteiger partial charge in [-0.2, -0.15) is 0 Å². The summed E-state index contributed by atoms with van der Waals surface area (Å²) in [5.74, 6) is 0.0584. The number of thioether (sulfide) groups is 1. The van der Waals surface area contributed by atoms with Crippen molar-refractivity contribution in [1.82, 2.24) is 5.32 Å². The molecule has 1 aliphatic heterocycles. The van der Waals surface area contributed by atoms with E-state index in [1.807, 2.05) is 24.3 Å². The second-order valence-electron chi connectivity index (χ2n) is 4.36. The molecule has 0 fully saturated rings. The fourth-order valence-corrected chi connectivity index (χ4v) is 2.78. The molecule has 3 rings (SSSR count). The van der Waals surface area contributed by atoms with E-state index < -0.39 is 0 Å². The standard InChI is InChI=1S/C15H12N2O3S/c18-14(16-9-10-4-3-7-20-10)8-13-15(19)17-11-5-1-2-6-12(11)21-13/h1-8H,9H2,(H,16,18)(H,17,19). The number of amides is 2. The lowest BCUT2D eigenvalue weighted by atomic mass is 10.3. The van der Waals surface area contributed by atoms with E-state index >= 15 is 0 Å². The number of carbonyl (C=O) groups is 2. The second kappa shape index (κ2) is 5.88. The van der Waals surface area contributed by atoms with Crippen LogP contribution in [0.2, 0.25) is 0 Å². The molecular formula is C15H12N2O3S. The fraction of sp³-hybridized carbons (Fsp3) is 0.0667. The van der Waals surface area contributed by atoms with Crippen molar-refractivity contribution < 1.29 is 14.0 Å². The SMILES string of the molecule is O=C(C=C1Sc2ccccc2NC1=O)NCc1ccco1. The van der Waals surface area contributed by atoms with Gasteiger partial charge in [0, 0.05) is 11.0 Å². The van der Waals surface area contributed by atoms with Gasteiger partial charge in [0.1, 0.15) is 5.76 Å². The highest BCUT2D eigenvalue weighted by Crippen LogP contribution is 2.37. The fourth-order valence-electron chi connectivity index (χ4n) is 1.86. The number of hydrogen-bond acceptors (Lipinski definition) is 4. The minimum Gasteiger partial charge on any atom is -0.467 e. The molecule has 0 atom stereocenters. The van der Waals surface area contributed by atoms with E-state index in [9.17, 15) is 9.59 Å². The summed E-state index contributed by atoms with van der Waals surface area (Å²) >= 11 is 1.28. The highest BCUT2D eigenvalue weighted by molar-refractivity contribution is 8.04. The summed E-state index contributed by atoms with van der Waals surface area (Å²) in [6.45, 7) is 0.290. The summed E-state index contributed by atoms with van der Waals surface area (Å²) in [5.41, 5.74) is 0.764. The van der Waals surface area contributed by atoms with Gasteiger partial charge < -0.3 is 15.1 Å². The average molecular weight is 300 g/mol. The number of para-hydroxylation sites is 1. The Morgan fingerprint density at radius 1 is 1.29 bits per heavy atom. The summed E-state index contributed by atoms with van der Waals surface area (Å²) in [4.78, 5) is 25.1. The van der Waals surface area contributed by atoms with Gasteiger partial charge in [0.25, 0.3) is 5.91 Å². The van der Waals surface area contributed by atoms with E-state index in [0.717, 1.165) is 10.6 Å². The Morgan fingerprint density at radius 2 is 2.14 bits per heavy atom. The molecule has 0 unspecified atom stereocenters. The summed E-state index contributed by atoms with van der Waals surface area (Å²) < 4.78 is 5.12. The van der Waals surface area contributed by atoms with Crippen LogP contribution in [0, 0.1) is 0 Å². The Morgan fingerprint density at radius 3 is 2.95 bits per heavy atom. The second-order valence-corrected chi connectivity index (χ2v) is 5.44. The van der Waals surface area contributed by atoms with Gasteiger partial charge in [-0.05, 0) is 24.3 Å². The number of carbonyl (C=O) groups excluding carboxylic acids is 2. The van der Waals surface area contributed by atoms with E-state index in [4.69, 9.17) is 4.42 Å². The Balaban J connectivity index is 1.68. The molecule has 2 N–H and O–H groups in total. The quantitative estimate of drug-likeness (QED) is 0.854. The minimum atomic E-state index is -0.330. The van der Waals surface area contributed by atoms with Gasteiger partial charge in [-0.1, -0.05) is 23.9 Å². The molecule has 1 aliphatic rings. The maximum atomic E-state index is 11.9. The first kappa shape index (κ1) is 13.5. The molecule has 0 saturated heterocycles. The largest absolute Gasteiger partial charge is 0.467 e. The van der Waals surface area contributed by atoms with Crippen LogP contribution < -0.4 is 10.6 Å². The van der Waals surface area contributed by atoms with E-state index in [-0.39, 0.29) is 11.8 Å². The molecule has 1 aromatic carbocycles. The first-order chi connectivity index (χ1) is 10.2. The van der Waals surface area contributed by atoms with Crippen LogP contribution >= 0.6 is 11.8 Å². The van der Waals surface area contributed by atoms with Crippen molar-refractivity contribution in [3.8, 4) is 0 Å². The third-order valence-electron chi connectivity index (χ3n) is 2.86. The van der Waals surface area contributed by atoms with E-state index in [1.54, 1.807) is 18.4 Å². The predicted molar refractivity (Wildman–Crippen MR) is 79.6 cm³/mol. The van der Waals surface area contributed by atoms with Gasteiger partial charge in [-0.25, -0.2) is 0 Å². The average Bonchev–Trinajstić information content (AvgIpc) is 2.99. The van der Waals surface area contributed by atoms with Crippen LogP contribution in [0.15, 0.2) is 63.0 Å².